The summed E-state index contributed by atoms with van der Waals surface area (Å²) in [6.45, 7) is 2.88. The van der Waals surface area contributed by atoms with E-state index in [2.05, 4.69) is 5.10 Å². The molecule has 0 saturated carbocycles. The van der Waals surface area contributed by atoms with Crippen LogP contribution in [0.2, 0.25) is 0 Å². The molecule has 1 unspecified atom stereocenters. The van der Waals surface area contributed by atoms with Gasteiger partial charge in [-0.1, -0.05) is 0 Å². The predicted octanol–water partition coefficient (Wildman–Crippen LogP) is 1.94. The van der Waals surface area contributed by atoms with Crippen LogP contribution >= 0.6 is 0 Å². The van der Waals surface area contributed by atoms with Gasteiger partial charge < -0.3 is 4.74 Å². The molecule has 2 aromatic rings. The summed E-state index contributed by atoms with van der Waals surface area (Å²) in [4.78, 5) is -0.660. The van der Waals surface area contributed by atoms with Gasteiger partial charge in [-0.25, -0.2) is 17.2 Å². The van der Waals surface area contributed by atoms with Crippen LogP contribution in [0.3, 0.4) is 0 Å². The Labute approximate surface area is 138 Å². The normalized spacial score (nSPS) is 19.5. The van der Waals surface area contributed by atoms with Gasteiger partial charge in [0.15, 0.2) is 0 Å². The maximum absolute atomic E-state index is 13.9. The quantitative estimate of drug-likeness (QED) is 0.839. The summed E-state index contributed by atoms with van der Waals surface area (Å²) in [5, 5.41) is 4.14. The lowest BCUT2D eigenvalue weighted by Crippen LogP contribution is -2.42. The second-order valence-corrected chi connectivity index (χ2v) is 7.33. The molecule has 130 valence electrons. The Bertz CT molecular complexity index is 838. The molecule has 1 saturated heterocycles. The first-order valence-electron chi connectivity index (χ1n) is 7.51. The summed E-state index contributed by atoms with van der Waals surface area (Å²) in [6.07, 6.45) is 2.90. The van der Waals surface area contributed by atoms with E-state index in [1.807, 2.05) is 6.92 Å². The summed E-state index contributed by atoms with van der Waals surface area (Å²) in [7, 11) is -4.14. The highest BCUT2D eigenvalue weighted by molar-refractivity contribution is 7.89. The third-order valence-electron chi connectivity index (χ3n) is 3.89. The van der Waals surface area contributed by atoms with E-state index in [4.69, 9.17) is 4.74 Å². The van der Waals surface area contributed by atoms with E-state index in [9.17, 15) is 17.2 Å². The molecule has 1 aliphatic heterocycles. The predicted molar refractivity (Wildman–Crippen MR) is 81.7 cm³/mol. The van der Waals surface area contributed by atoms with Gasteiger partial charge in [0.2, 0.25) is 10.0 Å². The minimum absolute atomic E-state index is 0.0215. The molecule has 0 bridgehead atoms. The summed E-state index contributed by atoms with van der Waals surface area (Å²) in [6, 6.07) is 2.39. The van der Waals surface area contributed by atoms with Crippen molar-refractivity contribution in [3.63, 3.8) is 0 Å². The van der Waals surface area contributed by atoms with E-state index in [0.29, 0.717) is 12.6 Å². The number of nitrogens with zero attached hydrogens (tertiary/aromatic N) is 3. The monoisotopic (exact) mass is 357 g/mol. The maximum atomic E-state index is 13.9. The van der Waals surface area contributed by atoms with Gasteiger partial charge >= 0.3 is 0 Å². The highest BCUT2D eigenvalue weighted by atomic mass is 32.2. The maximum Gasteiger partial charge on any atom is 0.246 e. The average Bonchev–Trinajstić information content (AvgIpc) is 3.06. The molecule has 1 atom stereocenters. The number of rotatable bonds is 4. The van der Waals surface area contributed by atoms with Crippen LogP contribution in [0.5, 0.6) is 0 Å². The molecular weight excluding hydrogens is 340 g/mol. The van der Waals surface area contributed by atoms with Gasteiger partial charge in [0.25, 0.3) is 0 Å². The lowest BCUT2D eigenvalue weighted by molar-refractivity contribution is -0.00266. The first-order valence-corrected chi connectivity index (χ1v) is 8.95. The SMILES string of the molecule is CCn1cc(C2CN(S(=O)(=O)c3cc(F)ccc3F)CCO2)cn1. The van der Waals surface area contributed by atoms with Crippen molar-refractivity contribution >= 4 is 10.0 Å². The van der Waals surface area contributed by atoms with Crippen molar-refractivity contribution in [3.05, 3.63) is 47.8 Å². The van der Waals surface area contributed by atoms with Crippen LogP contribution in [0.25, 0.3) is 0 Å². The molecule has 1 aromatic heterocycles. The van der Waals surface area contributed by atoms with Gasteiger partial charge in [-0.2, -0.15) is 9.40 Å². The van der Waals surface area contributed by atoms with Gasteiger partial charge in [-0.05, 0) is 25.1 Å². The number of ether oxygens (including phenoxy) is 1. The van der Waals surface area contributed by atoms with Crippen molar-refractivity contribution in [2.24, 2.45) is 0 Å². The summed E-state index contributed by atoms with van der Waals surface area (Å²) in [5.41, 5.74) is 0.747. The molecule has 3 rings (SSSR count). The van der Waals surface area contributed by atoms with E-state index in [1.54, 1.807) is 17.1 Å². The second kappa shape index (κ2) is 6.58. The standard InChI is InChI=1S/C15H17F2N3O3S/c1-2-19-9-11(8-18-19)14-10-20(5-6-23-14)24(21,22)15-7-12(16)3-4-13(15)17/h3-4,7-9,14H,2,5-6,10H2,1H3. The topological polar surface area (TPSA) is 64.4 Å². The highest BCUT2D eigenvalue weighted by Gasteiger charge is 2.33. The number of hydrogen-bond acceptors (Lipinski definition) is 4. The molecule has 1 fully saturated rings. The van der Waals surface area contributed by atoms with Gasteiger partial charge in [-0.3, -0.25) is 4.68 Å². The third kappa shape index (κ3) is 3.19. The van der Waals surface area contributed by atoms with Crippen LogP contribution in [-0.4, -0.2) is 42.2 Å². The molecule has 1 aliphatic rings. The zero-order chi connectivity index (χ0) is 17.3. The van der Waals surface area contributed by atoms with Crippen molar-refractivity contribution in [2.75, 3.05) is 19.7 Å². The zero-order valence-electron chi connectivity index (χ0n) is 13.0. The Balaban J connectivity index is 1.87. The minimum atomic E-state index is -4.14. The number of halogens is 2. The van der Waals surface area contributed by atoms with Gasteiger partial charge in [0, 0.05) is 31.4 Å². The summed E-state index contributed by atoms with van der Waals surface area (Å²) >= 11 is 0. The Kier molecular flexibility index (Phi) is 4.66. The largest absolute Gasteiger partial charge is 0.371 e. The second-order valence-electron chi connectivity index (χ2n) is 5.43. The molecule has 0 radical (unpaired) electrons. The van der Waals surface area contributed by atoms with Crippen LogP contribution in [0.15, 0.2) is 35.5 Å². The van der Waals surface area contributed by atoms with Gasteiger partial charge in [0.05, 0.1) is 18.9 Å². The van der Waals surface area contributed by atoms with Crippen LogP contribution in [-0.2, 0) is 21.3 Å². The van der Waals surface area contributed by atoms with Crippen molar-refractivity contribution in [1.29, 1.82) is 0 Å². The number of aromatic nitrogens is 2. The molecular formula is C15H17F2N3O3S. The molecule has 9 heteroatoms. The van der Waals surface area contributed by atoms with E-state index in [0.717, 1.165) is 22.0 Å². The van der Waals surface area contributed by atoms with Crippen molar-refractivity contribution in [3.8, 4) is 0 Å². The number of hydrogen-bond donors (Lipinski definition) is 0. The van der Waals surface area contributed by atoms with E-state index in [1.165, 1.54) is 0 Å². The fraction of sp³-hybridized carbons (Fsp3) is 0.400. The average molecular weight is 357 g/mol. The molecule has 1 aromatic carbocycles. The molecule has 6 nitrogen and oxygen atoms in total. The molecule has 0 spiro atoms. The summed E-state index contributed by atoms with van der Waals surface area (Å²) in [5.74, 6) is -1.78. The Morgan fingerprint density at radius 3 is 2.88 bits per heavy atom. The fourth-order valence-electron chi connectivity index (χ4n) is 2.58. The zero-order valence-corrected chi connectivity index (χ0v) is 13.8. The van der Waals surface area contributed by atoms with E-state index >= 15 is 0 Å². The van der Waals surface area contributed by atoms with Crippen molar-refractivity contribution < 1.29 is 21.9 Å². The molecule has 2 heterocycles. The van der Waals surface area contributed by atoms with Crippen molar-refractivity contribution in [1.82, 2.24) is 14.1 Å². The van der Waals surface area contributed by atoms with Gasteiger partial charge in [0.1, 0.15) is 16.5 Å². The van der Waals surface area contributed by atoms with Crippen LogP contribution < -0.4 is 0 Å². The molecule has 0 amide bonds. The first kappa shape index (κ1) is 17.0. The number of sulfonamides is 1. The number of morpholine rings is 1. The lowest BCUT2D eigenvalue weighted by atomic mass is 10.2. The third-order valence-corrected chi connectivity index (χ3v) is 5.77. The van der Waals surface area contributed by atoms with Crippen LogP contribution in [0, 0.1) is 11.6 Å². The Hall–Kier alpha value is -1.84. The Morgan fingerprint density at radius 1 is 1.38 bits per heavy atom. The highest BCUT2D eigenvalue weighted by Crippen LogP contribution is 2.27. The fourth-order valence-corrected chi connectivity index (χ4v) is 4.08. The van der Waals surface area contributed by atoms with Crippen LogP contribution in [0.1, 0.15) is 18.6 Å². The molecule has 24 heavy (non-hydrogen) atoms. The molecule has 0 aliphatic carbocycles. The van der Waals surface area contributed by atoms with E-state index < -0.39 is 32.7 Å². The van der Waals surface area contributed by atoms with Gasteiger partial charge in [-0.15, -0.1) is 0 Å². The smallest absolute Gasteiger partial charge is 0.246 e. The van der Waals surface area contributed by atoms with E-state index in [-0.39, 0.29) is 19.7 Å². The number of aryl methyl sites for hydroxylation is 1. The molecule has 0 N–H and O–H groups in total. The van der Waals surface area contributed by atoms with Crippen LogP contribution in [0.4, 0.5) is 8.78 Å². The summed E-state index contributed by atoms with van der Waals surface area (Å²) < 4.78 is 60.9. The first-order chi connectivity index (χ1) is 11.4. The number of benzene rings is 1. The minimum Gasteiger partial charge on any atom is -0.371 e. The Morgan fingerprint density at radius 2 is 2.17 bits per heavy atom. The van der Waals surface area contributed by atoms with Crippen molar-refractivity contribution in [2.45, 2.75) is 24.5 Å². The lowest BCUT2D eigenvalue weighted by Gasteiger charge is -2.31.